The molecule has 0 radical (unpaired) electrons. The Morgan fingerprint density at radius 1 is 1.29 bits per heavy atom. The summed E-state index contributed by atoms with van der Waals surface area (Å²) in [5, 5.41) is 12.6. The van der Waals surface area contributed by atoms with E-state index in [1.54, 1.807) is 13.0 Å². The number of benzene rings is 1. The van der Waals surface area contributed by atoms with Crippen LogP contribution in [0.3, 0.4) is 0 Å². The van der Waals surface area contributed by atoms with Gasteiger partial charge in [-0.3, -0.25) is 4.79 Å². The number of carbonyl (C=O) groups is 1. The highest BCUT2D eigenvalue weighted by Gasteiger charge is 2.39. The van der Waals surface area contributed by atoms with Gasteiger partial charge in [0.25, 0.3) is 5.91 Å². The number of carbonyl (C=O) groups excluding carboxylic acids is 1. The van der Waals surface area contributed by atoms with Crippen molar-refractivity contribution in [2.24, 2.45) is 5.73 Å². The summed E-state index contributed by atoms with van der Waals surface area (Å²) in [4.78, 5) is 27.5. The SMILES string of the molecule is COc1ccc(-c2nc(C(=O)N3CCC[C@H]3c3nccc[n+]3[O-])c([C@H](C)N)o2)c2ccc(C(F)(F)F)nc12. The predicted octanol–water partition coefficient (Wildman–Crippen LogP) is 3.94. The van der Waals surface area contributed by atoms with Crippen LogP contribution < -0.4 is 15.2 Å². The van der Waals surface area contributed by atoms with Gasteiger partial charge in [0.15, 0.2) is 11.5 Å². The van der Waals surface area contributed by atoms with Gasteiger partial charge in [-0.2, -0.15) is 13.2 Å². The first-order valence-corrected chi connectivity index (χ1v) is 11.8. The van der Waals surface area contributed by atoms with E-state index in [1.165, 1.54) is 42.6 Å². The number of nitrogens with zero attached hydrogens (tertiary/aromatic N) is 5. The van der Waals surface area contributed by atoms with Gasteiger partial charge in [-0.1, -0.05) is 4.98 Å². The number of fused-ring (bicyclic) bond motifs is 1. The molecule has 1 aliphatic rings. The third-order valence-electron chi connectivity index (χ3n) is 6.38. The molecule has 1 amide bonds. The van der Waals surface area contributed by atoms with Crippen LogP contribution in [-0.2, 0) is 6.18 Å². The zero-order chi connectivity index (χ0) is 27.2. The lowest BCUT2D eigenvalue weighted by atomic mass is 10.1. The van der Waals surface area contributed by atoms with Crippen LogP contribution in [0.5, 0.6) is 5.75 Å². The minimum absolute atomic E-state index is 0.0117. The van der Waals surface area contributed by atoms with Gasteiger partial charge in [0.1, 0.15) is 29.2 Å². The summed E-state index contributed by atoms with van der Waals surface area (Å²) in [5.41, 5.74) is 5.26. The fourth-order valence-corrected chi connectivity index (χ4v) is 4.63. The molecule has 1 saturated heterocycles. The molecular weight excluding hydrogens is 505 g/mol. The Bertz CT molecular complexity index is 1520. The number of hydrogen-bond donors (Lipinski definition) is 1. The third-order valence-corrected chi connectivity index (χ3v) is 6.38. The number of methoxy groups -OCH3 is 1. The first-order valence-electron chi connectivity index (χ1n) is 11.8. The molecule has 2 atom stereocenters. The van der Waals surface area contributed by atoms with Crippen molar-refractivity contribution in [1.82, 2.24) is 19.9 Å². The molecule has 0 unspecified atom stereocenters. The Hall–Kier alpha value is -4.26. The fourth-order valence-electron chi connectivity index (χ4n) is 4.63. The van der Waals surface area contributed by atoms with Crippen molar-refractivity contribution in [3.63, 3.8) is 0 Å². The Labute approximate surface area is 214 Å². The monoisotopic (exact) mass is 528 g/mol. The Morgan fingerprint density at radius 2 is 2.08 bits per heavy atom. The normalized spacial score (nSPS) is 16.7. The van der Waals surface area contributed by atoms with Crippen molar-refractivity contribution < 1.29 is 31.9 Å². The number of hydrogen-bond acceptors (Lipinski definition) is 8. The van der Waals surface area contributed by atoms with Crippen LogP contribution in [0.1, 0.15) is 59.6 Å². The molecule has 1 aliphatic heterocycles. The zero-order valence-corrected chi connectivity index (χ0v) is 20.4. The quantitative estimate of drug-likeness (QED) is 0.304. The van der Waals surface area contributed by atoms with Gasteiger partial charge in [-0.15, -0.1) is 0 Å². The van der Waals surface area contributed by atoms with E-state index in [2.05, 4.69) is 15.0 Å². The first-order chi connectivity index (χ1) is 18.1. The number of ether oxygens (including phenoxy) is 1. The number of nitrogens with two attached hydrogens (primary N) is 1. The molecule has 13 heteroatoms. The maximum absolute atomic E-state index is 13.7. The second kappa shape index (κ2) is 9.56. The lowest BCUT2D eigenvalue weighted by Crippen LogP contribution is -2.40. The number of likely N-dealkylation sites (tertiary alicyclic amines) is 1. The third kappa shape index (κ3) is 4.38. The zero-order valence-electron chi connectivity index (χ0n) is 20.4. The molecule has 5 rings (SSSR count). The highest BCUT2D eigenvalue weighted by Crippen LogP contribution is 2.38. The summed E-state index contributed by atoms with van der Waals surface area (Å²) in [6.07, 6.45) is -0.652. The molecule has 1 fully saturated rings. The summed E-state index contributed by atoms with van der Waals surface area (Å²) in [6, 6.07) is 5.34. The number of halogens is 3. The molecular formula is C25H23F3N6O4. The van der Waals surface area contributed by atoms with Crippen LogP contribution in [0, 0.1) is 5.21 Å². The molecule has 0 saturated carbocycles. The van der Waals surface area contributed by atoms with E-state index in [-0.39, 0.29) is 39.8 Å². The lowest BCUT2D eigenvalue weighted by molar-refractivity contribution is -0.620. The average Bonchev–Trinajstić information content (AvgIpc) is 3.55. The van der Waals surface area contributed by atoms with Crippen molar-refractivity contribution in [2.75, 3.05) is 13.7 Å². The molecule has 1 aromatic carbocycles. The van der Waals surface area contributed by atoms with Crippen LogP contribution in [0.15, 0.2) is 47.1 Å². The van der Waals surface area contributed by atoms with Gasteiger partial charge < -0.3 is 25.0 Å². The maximum Gasteiger partial charge on any atom is 0.433 e. The van der Waals surface area contributed by atoms with E-state index < -0.39 is 29.9 Å². The lowest BCUT2D eigenvalue weighted by Gasteiger charge is -2.22. The van der Waals surface area contributed by atoms with Crippen molar-refractivity contribution in [3.05, 3.63) is 70.9 Å². The first kappa shape index (κ1) is 25.4. The summed E-state index contributed by atoms with van der Waals surface area (Å²) in [6.45, 7) is 1.99. The van der Waals surface area contributed by atoms with E-state index in [1.807, 2.05) is 0 Å². The number of oxazole rings is 1. The van der Waals surface area contributed by atoms with E-state index in [4.69, 9.17) is 14.9 Å². The average molecular weight is 528 g/mol. The van der Waals surface area contributed by atoms with E-state index in [0.29, 0.717) is 29.7 Å². The number of amides is 1. The predicted molar refractivity (Wildman–Crippen MR) is 128 cm³/mol. The smallest absolute Gasteiger partial charge is 0.433 e. The van der Waals surface area contributed by atoms with Gasteiger partial charge in [-0.05, 0) is 44.0 Å². The Morgan fingerprint density at radius 3 is 2.76 bits per heavy atom. The van der Waals surface area contributed by atoms with Crippen LogP contribution in [0.25, 0.3) is 22.4 Å². The molecule has 4 heterocycles. The van der Waals surface area contributed by atoms with Gasteiger partial charge in [0.2, 0.25) is 5.89 Å². The fraction of sp³-hybridized carbons (Fsp3) is 0.320. The van der Waals surface area contributed by atoms with E-state index in [0.717, 1.165) is 6.07 Å². The molecule has 0 spiro atoms. The molecule has 10 nitrogen and oxygen atoms in total. The van der Waals surface area contributed by atoms with Crippen molar-refractivity contribution >= 4 is 16.8 Å². The van der Waals surface area contributed by atoms with Crippen LogP contribution >= 0.6 is 0 Å². The van der Waals surface area contributed by atoms with Crippen LogP contribution in [0.4, 0.5) is 13.2 Å². The van der Waals surface area contributed by atoms with Crippen LogP contribution in [0.2, 0.25) is 0 Å². The van der Waals surface area contributed by atoms with Gasteiger partial charge in [0.05, 0.1) is 19.3 Å². The molecule has 38 heavy (non-hydrogen) atoms. The molecule has 0 aliphatic carbocycles. The van der Waals surface area contributed by atoms with Crippen molar-refractivity contribution in [2.45, 2.75) is 38.0 Å². The molecule has 3 aromatic heterocycles. The summed E-state index contributed by atoms with van der Waals surface area (Å²) < 4.78 is 51.7. The van der Waals surface area contributed by atoms with E-state index in [9.17, 15) is 23.2 Å². The topological polar surface area (TPSA) is 134 Å². The van der Waals surface area contributed by atoms with E-state index >= 15 is 0 Å². The molecule has 198 valence electrons. The summed E-state index contributed by atoms with van der Waals surface area (Å²) in [5.74, 6) is -0.0722. The highest BCUT2D eigenvalue weighted by molar-refractivity contribution is 5.98. The van der Waals surface area contributed by atoms with Gasteiger partial charge in [0, 0.05) is 23.6 Å². The van der Waals surface area contributed by atoms with Crippen LogP contribution in [-0.4, -0.2) is 39.4 Å². The highest BCUT2D eigenvalue weighted by atomic mass is 19.4. The second-order valence-electron chi connectivity index (χ2n) is 8.89. The Balaban J connectivity index is 1.60. The summed E-state index contributed by atoms with van der Waals surface area (Å²) in [7, 11) is 1.33. The number of rotatable bonds is 5. The number of aromatic nitrogens is 4. The molecule has 2 N–H and O–H groups in total. The summed E-state index contributed by atoms with van der Waals surface area (Å²) >= 11 is 0. The van der Waals surface area contributed by atoms with Gasteiger partial charge in [-0.25, -0.2) is 14.7 Å². The Kier molecular flexibility index (Phi) is 6.39. The minimum Gasteiger partial charge on any atom is -0.711 e. The largest absolute Gasteiger partial charge is 0.711 e. The number of pyridine rings is 1. The van der Waals surface area contributed by atoms with Gasteiger partial charge >= 0.3 is 12.0 Å². The molecule has 4 aromatic rings. The van der Waals surface area contributed by atoms with Crippen molar-refractivity contribution in [3.8, 4) is 17.2 Å². The standard InChI is InChI=1S/C25H23F3N6O4/c1-13(29)21-20(24(35)33-11-3-5-16(33)22-30-10-4-12-34(22)36)32-23(38-21)15-6-8-17(37-2)19-14(15)7-9-18(31-19)25(26,27)28/h4,6-10,12-13,16H,3,5,11,29H2,1-2H3/t13-,16-/m0/s1. The van der Waals surface area contributed by atoms with Crippen molar-refractivity contribution in [1.29, 1.82) is 0 Å². The molecule has 0 bridgehead atoms. The maximum atomic E-state index is 13.7. The second-order valence-corrected chi connectivity index (χ2v) is 8.89. The number of alkyl halides is 3. The minimum atomic E-state index is -4.65.